The summed E-state index contributed by atoms with van der Waals surface area (Å²) in [6, 6.07) is 7.12. The average Bonchev–Trinajstić information content (AvgIpc) is 3.22. The van der Waals surface area contributed by atoms with Gasteiger partial charge in [0.25, 0.3) is 0 Å². The summed E-state index contributed by atoms with van der Waals surface area (Å²) in [6.45, 7) is 2.49. The molecule has 2 fully saturated rings. The van der Waals surface area contributed by atoms with Crippen LogP contribution in [0.2, 0.25) is 0 Å². The van der Waals surface area contributed by atoms with Crippen LogP contribution in [0.15, 0.2) is 36.4 Å². The lowest BCUT2D eigenvalue weighted by Gasteiger charge is -2.27. The van der Waals surface area contributed by atoms with Crippen LogP contribution in [0.4, 0.5) is 5.69 Å². The summed E-state index contributed by atoms with van der Waals surface area (Å²) in [5, 5.41) is 14.5. The molecule has 3 aliphatic carbocycles. The zero-order chi connectivity index (χ0) is 16.9. The van der Waals surface area contributed by atoms with Crippen LogP contribution in [0.25, 0.3) is 0 Å². The van der Waals surface area contributed by atoms with Crippen molar-refractivity contribution in [2.45, 2.75) is 19.8 Å². The summed E-state index contributed by atoms with van der Waals surface area (Å²) in [4.78, 5) is 24.4. The largest absolute Gasteiger partial charge is 0.550 e. The standard InChI is InChI=1S/C19H21NO4/c1-2-24-12-5-3-11(4-6-12)20-17(21)15-13-7-8-14(16(15)18(22)23)19(13)9-10-19/h3-8,13-16H,2,9-10H2,1H3,(H,20,21)(H,22,23)/p-1/t13-,14+,15+,16+/m1/s1. The van der Waals surface area contributed by atoms with Gasteiger partial charge in [0.2, 0.25) is 5.91 Å². The summed E-state index contributed by atoms with van der Waals surface area (Å²) < 4.78 is 5.38. The summed E-state index contributed by atoms with van der Waals surface area (Å²) in [6.07, 6.45) is 6.04. The fourth-order valence-electron chi connectivity index (χ4n) is 4.70. The Labute approximate surface area is 140 Å². The number of anilines is 1. The van der Waals surface area contributed by atoms with Gasteiger partial charge in [-0.3, -0.25) is 4.79 Å². The molecular weight excluding hydrogens is 306 g/mol. The van der Waals surface area contributed by atoms with Crippen LogP contribution in [0.5, 0.6) is 5.75 Å². The molecule has 0 unspecified atom stereocenters. The van der Waals surface area contributed by atoms with Crippen LogP contribution < -0.4 is 15.2 Å². The van der Waals surface area contributed by atoms with Crippen LogP contribution >= 0.6 is 0 Å². The van der Waals surface area contributed by atoms with Crippen LogP contribution in [0, 0.1) is 29.1 Å². The Balaban J connectivity index is 1.53. The normalized spacial score (nSPS) is 31.2. The molecule has 0 aromatic heterocycles. The van der Waals surface area contributed by atoms with Crippen molar-refractivity contribution in [1.29, 1.82) is 0 Å². The molecule has 2 bridgehead atoms. The number of rotatable bonds is 5. The van der Waals surface area contributed by atoms with Gasteiger partial charge in [-0.1, -0.05) is 12.2 Å². The topological polar surface area (TPSA) is 78.5 Å². The minimum Gasteiger partial charge on any atom is -0.550 e. The predicted octanol–water partition coefficient (Wildman–Crippen LogP) is 1.60. The molecule has 1 aromatic carbocycles. The summed E-state index contributed by atoms with van der Waals surface area (Å²) in [5.74, 6) is -1.88. The molecule has 1 spiro atoms. The molecule has 4 atom stereocenters. The third-order valence-corrected chi connectivity index (χ3v) is 5.85. The number of carbonyl (C=O) groups is 2. The van der Waals surface area contributed by atoms with Gasteiger partial charge in [-0.15, -0.1) is 0 Å². The number of aliphatic carboxylic acids is 1. The first kappa shape index (κ1) is 15.2. The van der Waals surface area contributed by atoms with E-state index in [4.69, 9.17) is 4.74 Å². The second-order valence-electron chi connectivity index (χ2n) is 6.99. The summed E-state index contributed by atoms with van der Waals surface area (Å²) in [5.41, 5.74) is 0.656. The lowest BCUT2D eigenvalue weighted by atomic mass is 9.82. The molecule has 24 heavy (non-hydrogen) atoms. The highest BCUT2D eigenvalue weighted by Gasteiger charge is 2.68. The van der Waals surface area contributed by atoms with Crippen LogP contribution in [0.3, 0.4) is 0 Å². The second kappa shape index (κ2) is 5.36. The molecule has 1 N–H and O–H groups in total. The van der Waals surface area contributed by atoms with Crippen LogP contribution in [0.1, 0.15) is 19.8 Å². The van der Waals surface area contributed by atoms with Gasteiger partial charge in [0.05, 0.1) is 12.5 Å². The summed E-state index contributed by atoms with van der Waals surface area (Å²) >= 11 is 0. The monoisotopic (exact) mass is 326 g/mol. The van der Waals surface area contributed by atoms with E-state index in [2.05, 4.69) is 5.32 Å². The molecule has 1 aromatic rings. The maximum atomic E-state index is 12.8. The van der Waals surface area contributed by atoms with Gasteiger partial charge in [0.1, 0.15) is 5.75 Å². The van der Waals surface area contributed by atoms with Gasteiger partial charge in [-0.2, -0.15) is 0 Å². The Kier molecular flexibility index (Phi) is 3.41. The van der Waals surface area contributed by atoms with Crippen LogP contribution in [-0.2, 0) is 9.59 Å². The highest BCUT2D eigenvalue weighted by molar-refractivity contribution is 5.96. The number of hydrogen-bond acceptors (Lipinski definition) is 4. The molecule has 0 saturated heterocycles. The second-order valence-corrected chi connectivity index (χ2v) is 6.99. The molecular formula is C19H20NO4-. The number of carboxylic acid groups (broad SMARTS) is 1. The first-order chi connectivity index (χ1) is 11.6. The van der Waals surface area contributed by atoms with E-state index in [9.17, 15) is 14.7 Å². The number of nitrogens with one attached hydrogen (secondary N) is 1. The average molecular weight is 326 g/mol. The van der Waals surface area contributed by atoms with Crippen molar-refractivity contribution in [2.24, 2.45) is 29.1 Å². The number of carbonyl (C=O) groups excluding carboxylic acids is 2. The summed E-state index contributed by atoms with van der Waals surface area (Å²) in [7, 11) is 0. The van der Waals surface area contributed by atoms with Gasteiger partial charge in [-0.05, 0) is 61.3 Å². The fourth-order valence-corrected chi connectivity index (χ4v) is 4.70. The van der Waals surface area contributed by atoms with E-state index in [1.165, 1.54) is 0 Å². The van der Waals surface area contributed by atoms with E-state index >= 15 is 0 Å². The van der Waals surface area contributed by atoms with E-state index in [1.54, 1.807) is 24.3 Å². The molecule has 3 aliphatic rings. The first-order valence-electron chi connectivity index (χ1n) is 8.50. The number of ether oxygens (including phenoxy) is 1. The van der Waals surface area contributed by atoms with Crippen molar-refractivity contribution in [1.82, 2.24) is 0 Å². The van der Waals surface area contributed by atoms with E-state index in [0.29, 0.717) is 12.3 Å². The van der Waals surface area contributed by atoms with Crippen molar-refractivity contribution in [3.05, 3.63) is 36.4 Å². The number of hydrogen-bond donors (Lipinski definition) is 1. The molecule has 4 rings (SSSR count). The van der Waals surface area contributed by atoms with Crippen molar-refractivity contribution in [3.8, 4) is 5.75 Å². The number of benzene rings is 1. The number of amides is 1. The quantitative estimate of drug-likeness (QED) is 0.834. The zero-order valence-corrected chi connectivity index (χ0v) is 13.5. The Morgan fingerprint density at radius 3 is 2.33 bits per heavy atom. The highest BCUT2D eigenvalue weighted by atomic mass is 16.5. The molecule has 1 amide bonds. The van der Waals surface area contributed by atoms with Crippen molar-refractivity contribution in [3.63, 3.8) is 0 Å². The fraction of sp³-hybridized carbons (Fsp3) is 0.474. The highest BCUT2D eigenvalue weighted by Crippen LogP contribution is 2.71. The van der Waals surface area contributed by atoms with E-state index < -0.39 is 17.8 Å². The van der Waals surface area contributed by atoms with Gasteiger partial charge < -0.3 is 20.0 Å². The number of carboxylic acids is 1. The van der Waals surface area contributed by atoms with Gasteiger partial charge >= 0.3 is 0 Å². The Morgan fingerprint density at radius 1 is 1.17 bits per heavy atom. The Bertz CT molecular complexity index is 705. The lowest BCUT2D eigenvalue weighted by Crippen LogP contribution is -2.42. The number of allylic oxidation sites excluding steroid dienone is 2. The molecule has 126 valence electrons. The maximum Gasteiger partial charge on any atom is 0.228 e. The van der Waals surface area contributed by atoms with Crippen molar-refractivity contribution in [2.75, 3.05) is 11.9 Å². The van der Waals surface area contributed by atoms with Gasteiger partial charge in [0.15, 0.2) is 0 Å². The van der Waals surface area contributed by atoms with Gasteiger partial charge in [0, 0.05) is 17.6 Å². The SMILES string of the molecule is CCOc1ccc(NC(=O)[C@@H]2[C@@H](C(=O)[O-])[C@@H]3C=C[C@H]2C32CC2)cc1. The predicted molar refractivity (Wildman–Crippen MR) is 86.0 cm³/mol. The van der Waals surface area contributed by atoms with E-state index in [0.717, 1.165) is 18.6 Å². The first-order valence-corrected chi connectivity index (χ1v) is 8.50. The minimum absolute atomic E-state index is 0.00552. The van der Waals surface area contributed by atoms with Crippen molar-refractivity contribution < 1.29 is 19.4 Å². The Morgan fingerprint density at radius 2 is 1.79 bits per heavy atom. The molecule has 5 nitrogen and oxygen atoms in total. The molecule has 0 radical (unpaired) electrons. The zero-order valence-electron chi connectivity index (χ0n) is 13.5. The third kappa shape index (κ3) is 2.14. The van der Waals surface area contributed by atoms with Gasteiger partial charge in [-0.25, -0.2) is 0 Å². The maximum absolute atomic E-state index is 12.8. The molecule has 0 heterocycles. The van der Waals surface area contributed by atoms with Crippen LogP contribution in [-0.4, -0.2) is 18.5 Å². The Hall–Kier alpha value is -2.30. The molecule has 5 heteroatoms. The lowest BCUT2D eigenvalue weighted by molar-refractivity contribution is -0.313. The molecule has 0 aliphatic heterocycles. The van der Waals surface area contributed by atoms with Crippen molar-refractivity contribution >= 4 is 17.6 Å². The third-order valence-electron chi connectivity index (χ3n) is 5.85. The van der Waals surface area contributed by atoms with E-state index in [1.807, 2.05) is 19.1 Å². The molecule has 2 saturated carbocycles. The minimum atomic E-state index is -1.11. The van der Waals surface area contributed by atoms with E-state index in [-0.39, 0.29) is 23.2 Å². The smallest absolute Gasteiger partial charge is 0.228 e.